The zero-order valence-electron chi connectivity index (χ0n) is 16.7. The number of para-hydroxylation sites is 1. The Morgan fingerprint density at radius 3 is 2.06 bits per heavy atom. The van der Waals surface area contributed by atoms with Crippen LogP contribution < -0.4 is 0 Å². The van der Waals surface area contributed by atoms with Crippen molar-refractivity contribution >= 4 is 32.7 Å². The molecular formula is C29H17NO. The lowest BCUT2D eigenvalue weighted by Crippen LogP contribution is -1.85. The van der Waals surface area contributed by atoms with Gasteiger partial charge in [0.1, 0.15) is 11.2 Å². The van der Waals surface area contributed by atoms with Crippen molar-refractivity contribution in [2.45, 2.75) is 0 Å². The van der Waals surface area contributed by atoms with Crippen molar-refractivity contribution in [3.05, 3.63) is 109 Å². The minimum Gasteiger partial charge on any atom is -0.455 e. The van der Waals surface area contributed by atoms with Crippen LogP contribution in [0.15, 0.2) is 108 Å². The molecule has 0 fully saturated rings. The van der Waals surface area contributed by atoms with E-state index in [2.05, 4.69) is 72.8 Å². The van der Waals surface area contributed by atoms with E-state index in [1.165, 1.54) is 5.56 Å². The maximum atomic E-state index is 9.27. The predicted molar refractivity (Wildman–Crippen MR) is 127 cm³/mol. The highest BCUT2D eigenvalue weighted by molar-refractivity contribution is 6.19. The van der Waals surface area contributed by atoms with Crippen LogP contribution in [0, 0.1) is 11.3 Å². The van der Waals surface area contributed by atoms with Crippen LogP contribution in [0.2, 0.25) is 0 Å². The van der Waals surface area contributed by atoms with E-state index in [-0.39, 0.29) is 0 Å². The number of hydrogen-bond acceptors (Lipinski definition) is 2. The first kappa shape index (κ1) is 17.5. The van der Waals surface area contributed by atoms with E-state index in [1.807, 2.05) is 36.4 Å². The van der Waals surface area contributed by atoms with Crippen LogP contribution in [0.1, 0.15) is 5.56 Å². The highest BCUT2D eigenvalue weighted by atomic mass is 16.3. The van der Waals surface area contributed by atoms with Gasteiger partial charge in [0.2, 0.25) is 0 Å². The van der Waals surface area contributed by atoms with Crippen molar-refractivity contribution in [3.8, 4) is 28.3 Å². The Morgan fingerprint density at radius 2 is 1.23 bits per heavy atom. The van der Waals surface area contributed by atoms with Gasteiger partial charge in [0, 0.05) is 16.2 Å². The van der Waals surface area contributed by atoms with Gasteiger partial charge in [-0.3, -0.25) is 0 Å². The lowest BCUT2D eigenvalue weighted by atomic mass is 9.93. The maximum Gasteiger partial charge on any atom is 0.143 e. The molecule has 0 aliphatic carbocycles. The third kappa shape index (κ3) is 2.79. The van der Waals surface area contributed by atoms with Crippen LogP contribution >= 0.6 is 0 Å². The summed E-state index contributed by atoms with van der Waals surface area (Å²) in [7, 11) is 0. The Hall–Kier alpha value is -4.35. The smallest absolute Gasteiger partial charge is 0.143 e. The van der Waals surface area contributed by atoms with Crippen LogP contribution in [-0.4, -0.2) is 0 Å². The van der Waals surface area contributed by atoms with Crippen LogP contribution in [0.5, 0.6) is 0 Å². The Kier molecular flexibility index (Phi) is 3.88. The second kappa shape index (κ2) is 6.86. The molecule has 2 heteroatoms. The van der Waals surface area contributed by atoms with Gasteiger partial charge < -0.3 is 4.42 Å². The molecule has 0 amide bonds. The lowest BCUT2D eigenvalue weighted by Gasteiger charge is -2.10. The number of benzene rings is 5. The van der Waals surface area contributed by atoms with E-state index in [1.54, 1.807) is 0 Å². The second-order valence-electron chi connectivity index (χ2n) is 7.72. The van der Waals surface area contributed by atoms with E-state index < -0.39 is 0 Å². The molecule has 0 atom stereocenters. The van der Waals surface area contributed by atoms with Gasteiger partial charge in [0.15, 0.2) is 0 Å². The molecule has 0 radical (unpaired) electrons. The van der Waals surface area contributed by atoms with Gasteiger partial charge in [-0.1, -0.05) is 72.8 Å². The second-order valence-corrected chi connectivity index (χ2v) is 7.72. The fraction of sp³-hybridized carbons (Fsp3) is 0. The molecule has 5 aromatic carbocycles. The van der Waals surface area contributed by atoms with Gasteiger partial charge in [0.05, 0.1) is 11.6 Å². The summed E-state index contributed by atoms with van der Waals surface area (Å²) < 4.78 is 6.24. The van der Waals surface area contributed by atoms with Gasteiger partial charge in [-0.2, -0.15) is 5.26 Å². The Bertz CT molecular complexity index is 1650. The number of furan rings is 1. The molecule has 1 aromatic heterocycles. The third-order valence-corrected chi connectivity index (χ3v) is 5.88. The minimum absolute atomic E-state index is 0.666. The molecule has 0 bridgehead atoms. The molecule has 0 N–H and O–H groups in total. The zero-order valence-corrected chi connectivity index (χ0v) is 16.7. The number of nitriles is 1. The standard InChI is InChI=1S/C29H17NO/c30-18-19-7-5-8-20(15-19)21-9-6-10-22(16-21)26-17-27-24-12-3-4-14-28(24)31-29(27)25-13-2-1-11-23(25)26/h1-17H. The van der Waals surface area contributed by atoms with Gasteiger partial charge in [-0.25, -0.2) is 0 Å². The molecule has 0 spiro atoms. The summed E-state index contributed by atoms with van der Waals surface area (Å²) in [6.45, 7) is 0. The SMILES string of the molecule is N#Cc1cccc(-c2cccc(-c3cc4c5ccccc5oc4c4ccccc34)c2)c1. The van der Waals surface area contributed by atoms with Crippen LogP contribution in [0.4, 0.5) is 0 Å². The summed E-state index contributed by atoms with van der Waals surface area (Å²) in [5, 5.41) is 13.8. The summed E-state index contributed by atoms with van der Waals surface area (Å²) in [5.41, 5.74) is 6.95. The monoisotopic (exact) mass is 395 g/mol. The molecule has 31 heavy (non-hydrogen) atoms. The Balaban J connectivity index is 1.64. The quantitative estimate of drug-likeness (QED) is 0.298. The van der Waals surface area contributed by atoms with Crippen molar-refractivity contribution in [2.75, 3.05) is 0 Å². The van der Waals surface area contributed by atoms with Gasteiger partial charge in [-0.05, 0) is 58.0 Å². The van der Waals surface area contributed by atoms with E-state index >= 15 is 0 Å². The predicted octanol–water partition coefficient (Wildman–Crippen LogP) is 7.94. The average Bonchev–Trinajstić information content (AvgIpc) is 3.22. The van der Waals surface area contributed by atoms with E-state index in [0.29, 0.717) is 5.56 Å². The van der Waals surface area contributed by atoms with Crippen molar-refractivity contribution in [3.63, 3.8) is 0 Å². The summed E-state index contributed by atoms with van der Waals surface area (Å²) >= 11 is 0. The van der Waals surface area contributed by atoms with Gasteiger partial charge >= 0.3 is 0 Å². The van der Waals surface area contributed by atoms with Crippen LogP contribution in [-0.2, 0) is 0 Å². The summed E-state index contributed by atoms with van der Waals surface area (Å²) in [6, 6.07) is 37.3. The fourth-order valence-electron chi connectivity index (χ4n) is 4.42. The van der Waals surface area contributed by atoms with E-state index in [0.717, 1.165) is 49.4 Å². The summed E-state index contributed by atoms with van der Waals surface area (Å²) in [5.74, 6) is 0. The molecule has 0 aliphatic heterocycles. The summed E-state index contributed by atoms with van der Waals surface area (Å²) in [4.78, 5) is 0. The zero-order chi connectivity index (χ0) is 20.8. The van der Waals surface area contributed by atoms with Crippen molar-refractivity contribution in [2.24, 2.45) is 0 Å². The number of hydrogen-bond donors (Lipinski definition) is 0. The molecule has 0 saturated carbocycles. The first-order valence-electron chi connectivity index (χ1n) is 10.3. The minimum atomic E-state index is 0.666. The van der Waals surface area contributed by atoms with Crippen LogP contribution in [0.25, 0.3) is 55.0 Å². The molecule has 2 nitrogen and oxygen atoms in total. The van der Waals surface area contributed by atoms with Crippen molar-refractivity contribution < 1.29 is 4.42 Å². The highest BCUT2D eigenvalue weighted by Crippen LogP contribution is 2.40. The van der Waals surface area contributed by atoms with Crippen LogP contribution in [0.3, 0.4) is 0 Å². The topological polar surface area (TPSA) is 36.9 Å². The Morgan fingerprint density at radius 1 is 0.548 bits per heavy atom. The maximum absolute atomic E-state index is 9.27. The van der Waals surface area contributed by atoms with Gasteiger partial charge in [0.25, 0.3) is 0 Å². The third-order valence-electron chi connectivity index (χ3n) is 5.88. The number of fused-ring (bicyclic) bond motifs is 5. The molecule has 6 aromatic rings. The largest absolute Gasteiger partial charge is 0.455 e. The molecule has 0 unspecified atom stereocenters. The van der Waals surface area contributed by atoms with E-state index in [4.69, 9.17) is 4.42 Å². The molecule has 6 rings (SSSR count). The Labute approximate surface area is 179 Å². The molecule has 144 valence electrons. The lowest BCUT2D eigenvalue weighted by molar-refractivity contribution is 0.672. The molecule has 0 aliphatic rings. The van der Waals surface area contributed by atoms with Gasteiger partial charge in [-0.15, -0.1) is 0 Å². The molecular weight excluding hydrogens is 378 g/mol. The highest BCUT2D eigenvalue weighted by Gasteiger charge is 2.14. The molecule has 1 heterocycles. The number of rotatable bonds is 2. The average molecular weight is 395 g/mol. The van der Waals surface area contributed by atoms with Crippen molar-refractivity contribution in [1.82, 2.24) is 0 Å². The normalized spacial score (nSPS) is 11.2. The summed E-state index contributed by atoms with van der Waals surface area (Å²) in [6.07, 6.45) is 0. The van der Waals surface area contributed by atoms with Crippen molar-refractivity contribution in [1.29, 1.82) is 5.26 Å². The molecule has 0 saturated heterocycles. The fourth-order valence-corrected chi connectivity index (χ4v) is 4.42. The van der Waals surface area contributed by atoms with E-state index in [9.17, 15) is 5.26 Å². The first-order chi connectivity index (χ1) is 15.3. The first-order valence-corrected chi connectivity index (χ1v) is 10.3. The number of nitrogens with zero attached hydrogens (tertiary/aromatic N) is 1.